The van der Waals surface area contributed by atoms with E-state index in [1.165, 1.54) is 150 Å². The van der Waals surface area contributed by atoms with Crippen molar-refractivity contribution in [2.45, 2.75) is 84.0 Å². The SMILES string of the molecule is Cc1cccc(C)c1C(c1ccc2c(c1)C(C)(C)c1cc(-c3ccccc3-c3ccccc3)c3c(c1-2)-c1ccccc1C3)c1ccc2c(c1)C(C)(C)c1c3c(c4oc5ccccc5c4c1-2)-c1ccccc1C3(C)C. The Morgan fingerprint density at radius 3 is 1.72 bits per heavy atom. The van der Waals surface area contributed by atoms with E-state index in [-0.39, 0.29) is 22.2 Å². The first-order valence-corrected chi connectivity index (χ1v) is 26.7. The molecule has 11 aromatic rings. The zero-order valence-electron chi connectivity index (χ0n) is 43.6. The maximum Gasteiger partial charge on any atom is 0.144 e. The first-order valence-electron chi connectivity index (χ1n) is 26.7. The average Bonchev–Trinajstić information content (AvgIpc) is 4.18. The molecule has 1 atom stereocenters. The highest BCUT2D eigenvalue weighted by Crippen LogP contribution is 2.64. The highest BCUT2D eigenvalue weighted by atomic mass is 16.3. The Morgan fingerprint density at radius 1 is 0.405 bits per heavy atom. The largest absolute Gasteiger partial charge is 0.455 e. The predicted octanol–water partition coefficient (Wildman–Crippen LogP) is 19.2. The van der Waals surface area contributed by atoms with Gasteiger partial charge in [0.05, 0.1) is 0 Å². The van der Waals surface area contributed by atoms with Crippen molar-refractivity contribution in [3.05, 3.63) is 260 Å². The van der Waals surface area contributed by atoms with Gasteiger partial charge in [0.25, 0.3) is 0 Å². The molecule has 0 radical (unpaired) electrons. The highest BCUT2D eigenvalue weighted by Gasteiger charge is 2.49. The van der Waals surface area contributed by atoms with Crippen LogP contribution in [0.25, 0.3) is 88.7 Å². The van der Waals surface area contributed by atoms with Gasteiger partial charge >= 0.3 is 0 Å². The second-order valence-corrected chi connectivity index (χ2v) is 23.5. The van der Waals surface area contributed by atoms with Gasteiger partial charge in [0.2, 0.25) is 0 Å². The van der Waals surface area contributed by atoms with E-state index >= 15 is 0 Å². The van der Waals surface area contributed by atoms with Gasteiger partial charge in [0, 0.05) is 38.5 Å². The van der Waals surface area contributed by atoms with Crippen LogP contribution in [0.1, 0.15) is 120 Å². The van der Waals surface area contributed by atoms with Gasteiger partial charge in [-0.3, -0.25) is 0 Å². The summed E-state index contributed by atoms with van der Waals surface area (Å²) in [5.41, 5.74) is 35.2. The molecule has 0 aliphatic heterocycles. The topological polar surface area (TPSA) is 13.1 Å². The molecule has 4 aliphatic rings. The Labute approximate surface area is 435 Å². The summed E-state index contributed by atoms with van der Waals surface area (Å²) in [6.07, 6.45) is 0.924. The van der Waals surface area contributed by atoms with E-state index in [0.717, 1.165) is 17.6 Å². The molecule has 356 valence electrons. The third-order valence-electron chi connectivity index (χ3n) is 18.5. The minimum Gasteiger partial charge on any atom is -0.455 e. The Bertz CT molecular complexity index is 4240. The minimum atomic E-state index is -0.295. The van der Waals surface area contributed by atoms with E-state index in [1.54, 1.807) is 0 Å². The van der Waals surface area contributed by atoms with Crippen LogP contribution in [0.4, 0.5) is 0 Å². The van der Waals surface area contributed by atoms with Gasteiger partial charge in [-0.2, -0.15) is 0 Å². The molecule has 1 nitrogen and oxygen atoms in total. The molecule has 10 aromatic carbocycles. The summed E-state index contributed by atoms with van der Waals surface area (Å²) < 4.78 is 7.03. The fourth-order valence-corrected chi connectivity index (χ4v) is 15.1. The van der Waals surface area contributed by atoms with Gasteiger partial charge < -0.3 is 4.42 Å². The Hall–Kier alpha value is -8.00. The zero-order chi connectivity index (χ0) is 50.2. The predicted molar refractivity (Wildman–Crippen MR) is 309 cm³/mol. The van der Waals surface area contributed by atoms with Gasteiger partial charge in [-0.25, -0.2) is 0 Å². The van der Waals surface area contributed by atoms with Crippen LogP contribution in [0.2, 0.25) is 0 Å². The lowest BCUT2D eigenvalue weighted by Crippen LogP contribution is -2.24. The van der Waals surface area contributed by atoms with Gasteiger partial charge in [-0.1, -0.05) is 217 Å². The molecule has 1 unspecified atom stereocenters. The smallest absolute Gasteiger partial charge is 0.144 e. The lowest BCUT2D eigenvalue weighted by Gasteiger charge is -2.31. The summed E-state index contributed by atoms with van der Waals surface area (Å²) in [5.74, 6) is 0.00626. The van der Waals surface area contributed by atoms with Crippen LogP contribution in [-0.2, 0) is 22.7 Å². The summed E-state index contributed by atoms with van der Waals surface area (Å²) in [6, 6.07) is 71.5. The first kappa shape index (κ1) is 43.6. The molecule has 1 heterocycles. The first-order chi connectivity index (χ1) is 35.8. The molecule has 0 fully saturated rings. The monoisotopic (exact) mass is 950 g/mol. The molecule has 0 saturated carbocycles. The second-order valence-electron chi connectivity index (χ2n) is 23.5. The zero-order valence-corrected chi connectivity index (χ0v) is 43.6. The van der Waals surface area contributed by atoms with Crippen LogP contribution >= 0.6 is 0 Å². The van der Waals surface area contributed by atoms with Gasteiger partial charge in [0.1, 0.15) is 11.2 Å². The molecule has 0 N–H and O–H groups in total. The molecular weight excluding hydrogens is 893 g/mol. The number of rotatable bonds is 5. The van der Waals surface area contributed by atoms with E-state index in [1.807, 2.05) is 0 Å². The van der Waals surface area contributed by atoms with E-state index in [0.29, 0.717) is 0 Å². The van der Waals surface area contributed by atoms with Crippen molar-refractivity contribution in [1.82, 2.24) is 0 Å². The molecule has 0 spiro atoms. The maximum atomic E-state index is 7.03. The summed E-state index contributed by atoms with van der Waals surface area (Å²) in [6.45, 7) is 19.4. The summed E-state index contributed by atoms with van der Waals surface area (Å²) in [7, 11) is 0. The van der Waals surface area contributed by atoms with Gasteiger partial charge in [-0.15, -0.1) is 0 Å². The Morgan fingerprint density at radius 2 is 0.973 bits per heavy atom. The molecule has 74 heavy (non-hydrogen) atoms. The minimum absolute atomic E-state index is 0.00626. The van der Waals surface area contributed by atoms with Crippen LogP contribution in [0.5, 0.6) is 0 Å². The molecular formula is C73H58O. The van der Waals surface area contributed by atoms with E-state index in [2.05, 4.69) is 243 Å². The standard InChI is InChI=1S/C73H58O/c1-41-21-20-22-42(2)61(41)62(46-34-36-52-58(39-46)73(7,8)68-65(52)66-53-30-17-19-32-60(53)74-70(66)67-50-29-16-18-31-56(50)72(5,6)69(67)68)45-33-35-51-57(38-45)71(3,4)59-40-54(49-28-15-14-26-47(49)43-23-10-9-11-24-43)55-37-44-25-12-13-27-48(44)63(55)64(51)59/h9-36,38-40,62H,37H2,1-8H3. The van der Waals surface area contributed by atoms with Crippen LogP contribution in [0.15, 0.2) is 192 Å². The maximum absolute atomic E-state index is 7.03. The number of aryl methyl sites for hydroxylation is 2. The lowest BCUT2D eigenvalue weighted by molar-refractivity contribution is 0.599. The second kappa shape index (κ2) is 15.1. The summed E-state index contributed by atoms with van der Waals surface area (Å²) in [5, 5.41) is 2.43. The molecule has 0 saturated heterocycles. The fraction of sp³-hybridized carbons (Fsp3) is 0.178. The number of fused-ring (bicyclic) bond motifs is 19. The molecule has 0 amide bonds. The van der Waals surface area contributed by atoms with Crippen molar-refractivity contribution in [3.63, 3.8) is 0 Å². The normalized spacial score (nSPS) is 15.8. The number of benzene rings is 10. The number of hydrogen-bond acceptors (Lipinski definition) is 1. The van der Waals surface area contributed by atoms with Crippen LogP contribution < -0.4 is 0 Å². The van der Waals surface area contributed by atoms with Crippen LogP contribution in [0, 0.1) is 13.8 Å². The van der Waals surface area contributed by atoms with E-state index in [9.17, 15) is 0 Å². The van der Waals surface area contributed by atoms with Crippen molar-refractivity contribution >= 4 is 21.9 Å². The van der Waals surface area contributed by atoms with Crippen LogP contribution in [0.3, 0.4) is 0 Å². The van der Waals surface area contributed by atoms with Crippen molar-refractivity contribution in [3.8, 4) is 66.8 Å². The number of hydrogen-bond donors (Lipinski definition) is 0. The molecule has 15 rings (SSSR count). The van der Waals surface area contributed by atoms with Crippen LogP contribution in [-0.4, -0.2) is 0 Å². The van der Waals surface area contributed by atoms with Crippen molar-refractivity contribution in [2.75, 3.05) is 0 Å². The average molecular weight is 951 g/mol. The number of para-hydroxylation sites is 1. The molecule has 1 heteroatoms. The number of furan rings is 1. The molecule has 4 aliphatic carbocycles. The third-order valence-corrected chi connectivity index (χ3v) is 18.5. The Balaban J connectivity index is 0.941. The quantitative estimate of drug-likeness (QED) is 0.157. The van der Waals surface area contributed by atoms with Crippen molar-refractivity contribution in [1.29, 1.82) is 0 Å². The van der Waals surface area contributed by atoms with Gasteiger partial charge in [0.15, 0.2) is 0 Å². The van der Waals surface area contributed by atoms with Gasteiger partial charge in [-0.05, 0) is 166 Å². The highest BCUT2D eigenvalue weighted by molar-refractivity contribution is 6.20. The lowest BCUT2D eigenvalue weighted by atomic mass is 9.71. The summed E-state index contributed by atoms with van der Waals surface area (Å²) >= 11 is 0. The van der Waals surface area contributed by atoms with E-state index in [4.69, 9.17) is 4.42 Å². The molecule has 1 aromatic heterocycles. The van der Waals surface area contributed by atoms with E-state index < -0.39 is 0 Å². The summed E-state index contributed by atoms with van der Waals surface area (Å²) in [4.78, 5) is 0. The van der Waals surface area contributed by atoms with Crippen molar-refractivity contribution in [2.24, 2.45) is 0 Å². The van der Waals surface area contributed by atoms with Crippen molar-refractivity contribution < 1.29 is 4.42 Å². The molecule has 0 bridgehead atoms. The third kappa shape index (κ3) is 5.65. The fourth-order valence-electron chi connectivity index (χ4n) is 15.1. The Kier molecular flexibility index (Phi) is 8.86.